The molecular formula is C14H17FN2. The molecule has 0 aliphatic heterocycles. The van der Waals surface area contributed by atoms with E-state index >= 15 is 0 Å². The Kier molecular flexibility index (Phi) is 3.75. The molecule has 3 heteroatoms. The van der Waals surface area contributed by atoms with E-state index in [1.807, 2.05) is 13.0 Å². The van der Waals surface area contributed by atoms with Crippen LogP contribution in [0, 0.1) is 24.1 Å². The second-order valence-electron chi connectivity index (χ2n) is 4.68. The fourth-order valence-corrected chi connectivity index (χ4v) is 2.05. The van der Waals surface area contributed by atoms with Crippen molar-refractivity contribution < 1.29 is 4.39 Å². The lowest BCUT2D eigenvalue weighted by Crippen LogP contribution is -2.26. The van der Waals surface area contributed by atoms with Crippen LogP contribution in [0.1, 0.15) is 30.4 Å². The van der Waals surface area contributed by atoms with Crippen LogP contribution in [0.2, 0.25) is 0 Å². The predicted octanol–water partition coefficient (Wildman–Crippen LogP) is 3.01. The highest BCUT2D eigenvalue weighted by molar-refractivity contribution is 5.26. The van der Waals surface area contributed by atoms with E-state index in [-0.39, 0.29) is 5.82 Å². The molecule has 0 spiro atoms. The van der Waals surface area contributed by atoms with E-state index in [1.54, 1.807) is 6.07 Å². The maximum absolute atomic E-state index is 13.2. The maximum atomic E-state index is 13.2. The number of nitrogens with zero attached hydrogens (tertiary/aromatic N) is 2. The minimum Gasteiger partial charge on any atom is -0.295 e. The van der Waals surface area contributed by atoms with E-state index < -0.39 is 0 Å². The Balaban J connectivity index is 2.06. The Hall–Kier alpha value is -1.40. The van der Waals surface area contributed by atoms with Gasteiger partial charge in [-0.25, -0.2) is 4.39 Å². The van der Waals surface area contributed by atoms with Crippen LogP contribution in [0.15, 0.2) is 18.2 Å². The van der Waals surface area contributed by atoms with Gasteiger partial charge in [0.2, 0.25) is 0 Å². The van der Waals surface area contributed by atoms with Crippen molar-refractivity contribution in [2.24, 2.45) is 0 Å². The van der Waals surface area contributed by atoms with Gasteiger partial charge < -0.3 is 0 Å². The Bertz CT molecular complexity index is 432. The first-order valence-corrected chi connectivity index (χ1v) is 6.06. The number of aryl methyl sites for hydroxylation is 1. The standard InChI is InChI=1S/C14H17FN2/c1-11-3-4-13(15)9-12(11)10-17(8-2-7-16)14-5-6-14/h3-4,9,14H,2,5-6,8,10H2,1H3. The number of halogens is 1. The summed E-state index contributed by atoms with van der Waals surface area (Å²) in [4.78, 5) is 2.30. The van der Waals surface area contributed by atoms with Gasteiger partial charge in [-0.3, -0.25) is 4.90 Å². The molecule has 2 rings (SSSR count). The quantitative estimate of drug-likeness (QED) is 0.780. The molecule has 0 heterocycles. The molecular weight excluding hydrogens is 215 g/mol. The Morgan fingerprint density at radius 2 is 2.24 bits per heavy atom. The van der Waals surface area contributed by atoms with E-state index in [1.165, 1.54) is 18.9 Å². The summed E-state index contributed by atoms with van der Waals surface area (Å²) in [6.07, 6.45) is 2.96. The van der Waals surface area contributed by atoms with Crippen molar-refractivity contribution in [3.05, 3.63) is 35.1 Å². The first-order chi connectivity index (χ1) is 8.20. The van der Waals surface area contributed by atoms with Crippen LogP contribution in [0.4, 0.5) is 4.39 Å². The molecule has 0 bridgehead atoms. The second-order valence-corrected chi connectivity index (χ2v) is 4.68. The molecule has 1 aromatic rings. The summed E-state index contributed by atoms with van der Waals surface area (Å²) in [5.74, 6) is -0.179. The highest BCUT2D eigenvalue weighted by Crippen LogP contribution is 2.29. The average molecular weight is 232 g/mol. The van der Waals surface area contributed by atoms with Gasteiger partial charge in [-0.1, -0.05) is 6.07 Å². The monoisotopic (exact) mass is 232 g/mol. The van der Waals surface area contributed by atoms with Gasteiger partial charge in [0.05, 0.1) is 6.07 Å². The lowest BCUT2D eigenvalue weighted by atomic mass is 10.1. The summed E-state index contributed by atoms with van der Waals surface area (Å²) < 4.78 is 13.2. The van der Waals surface area contributed by atoms with Crippen molar-refractivity contribution in [1.82, 2.24) is 4.90 Å². The van der Waals surface area contributed by atoms with Crippen molar-refractivity contribution in [3.63, 3.8) is 0 Å². The Morgan fingerprint density at radius 3 is 2.88 bits per heavy atom. The van der Waals surface area contributed by atoms with E-state index in [2.05, 4.69) is 11.0 Å². The van der Waals surface area contributed by atoms with Gasteiger partial charge in [0.1, 0.15) is 5.82 Å². The summed E-state index contributed by atoms with van der Waals surface area (Å²) in [7, 11) is 0. The van der Waals surface area contributed by atoms with E-state index in [0.29, 0.717) is 12.5 Å². The van der Waals surface area contributed by atoms with E-state index in [0.717, 1.165) is 24.2 Å². The molecule has 2 nitrogen and oxygen atoms in total. The Morgan fingerprint density at radius 1 is 1.47 bits per heavy atom. The van der Waals surface area contributed by atoms with Gasteiger partial charge in [0.15, 0.2) is 0 Å². The number of hydrogen-bond donors (Lipinski definition) is 0. The molecule has 0 unspecified atom stereocenters. The third-order valence-electron chi connectivity index (χ3n) is 3.26. The summed E-state index contributed by atoms with van der Waals surface area (Å²) in [6.45, 7) is 3.55. The van der Waals surface area contributed by atoms with Crippen LogP contribution in [0.5, 0.6) is 0 Å². The molecule has 0 saturated heterocycles. The molecule has 0 N–H and O–H groups in total. The third-order valence-corrected chi connectivity index (χ3v) is 3.26. The Labute approximate surface area is 102 Å². The van der Waals surface area contributed by atoms with Crippen molar-refractivity contribution in [2.45, 2.75) is 38.8 Å². The lowest BCUT2D eigenvalue weighted by molar-refractivity contribution is 0.260. The van der Waals surface area contributed by atoms with Gasteiger partial charge in [-0.2, -0.15) is 5.26 Å². The van der Waals surface area contributed by atoms with Crippen LogP contribution in [0.3, 0.4) is 0 Å². The van der Waals surface area contributed by atoms with Crippen molar-refractivity contribution in [3.8, 4) is 6.07 Å². The van der Waals surface area contributed by atoms with Crippen LogP contribution in [-0.4, -0.2) is 17.5 Å². The topological polar surface area (TPSA) is 27.0 Å². The molecule has 0 radical (unpaired) electrons. The zero-order valence-corrected chi connectivity index (χ0v) is 10.1. The molecule has 17 heavy (non-hydrogen) atoms. The summed E-state index contributed by atoms with van der Waals surface area (Å²) in [5.41, 5.74) is 2.16. The molecule has 90 valence electrons. The fourth-order valence-electron chi connectivity index (χ4n) is 2.05. The molecule has 1 fully saturated rings. The zero-order chi connectivity index (χ0) is 12.3. The normalized spacial score (nSPS) is 14.9. The summed E-state index contributed by atoms with van der Waals surface area (Å²) >= 11 is 0. The van der Waals surface area contributed by atoms with Crippen molar-refractivity contribution in [1.29, 1.82) is 5.26 Å². The first kappa shape index (κ1) is 12.1. The van der Waals surface area contributed by atoms with Crippen LogP contribution in [-0.2, 0) is 6.54 Å². The van der Waals surface area contributed by atoms with Gasteiger partial charge in [-0.15, -0.1) is 0 Å². The maximum Gasteiger partial charge on any atom is 0.123 e. The van der Waals surface area contributed by atoms with Crippen LogP contribution in [0.25, 0.3) is 0 Å². The third kappa shape index (κ3) is 3.28. The minimum atomic E-state index is -0.179. The molecule has 1 saturated carbocycles. The highest BCUT2D eigenvalue weighted by Gasteiger charge is 2.28. The molecule has 0 atom stereocenters. The molecule has 0 aromatic heterocycles. The highest BCUT2D eigenvalue weighted by atomic mass is 19.1. The SMILES string of the molecule is Cc1ccc(F)cc1CN(CCC#N)C1CC1. The van der Waals surface area contributed by atoms with E-state index in [4.69, 9.17) is 5.26 Å². The zero-order valence-electron chi connectivity index (χ0n) is 10.1. The minimum absolute atomic E-state index is 0.179. The smallest absolute Gasteiger partial charge is 0.123 e. The summed E-state index contributed by atoms with van der Waals surface area (Å²) in [6, 6.07) is 7.70. The fraction of sp³-hybridized carbons (Fsp3) is 0.500. The number of hydrogen-bond acceptors (Lipinski definition) is 2. The van der Waals surface area contributed by atoms with Crippen molar-refractivity contribution in [2.75, 3.05) is 6.54 Å². The average Bonchev–Trinajstić information content (AvgIpc) is 3.13. The summed E-state index contributed by atoms with van der Waals surface area (Å²) in [5, 5.41) is 8.65. The van der Waals surface area contributed by atoms with Crippen molar-refractivity contribution >= 4 is 0 Å². The molecule has 1 aromatic carbocycles. The van der Waals surface area contributed by atoms with Gasteiger partial charge in [-0.05, 0) is 43.0 Å². The van der Waals surface area contributed by atoms with Gasteiger partial charge in [0, 0.05) is 25.6 Å². The molecule has 1 aliphatic rings. The number of nitriles is 1. The van der Waals surface area contributed by atoms with Gasteiger partial charge >= 0.3 is 0 Å². The van der Waals surface area contributed by atoms with Crippen LogP contribution < -0.4 is 0 Å². The number of benzene rings is 1. The number of rotatable bonds is 5. The van der Waals surface area contributed by atoms with Crippen LogP contribution >= 0.6 is 0 Å². The molecule has 0 amide bonds. The van der Waals surface area contributed by atoms with Gasteiger partial charge in [0.25, 0.3) is 0 Å². The largest absolute Gasteiger partial charge is 0.295 e. The first-order valence-electron chi connectivity index (χ1n) is 6.06. The lowest BCUT2D eigenvalue weighted by Gasteiger charge is -2.21. The van der Waals surface area contributed by atoms with E-state index in [9.17, 15) is 4.39 Å². The second kappa shape index (κ2) is 5.29. The molecule has 1 aliphatic carbocycles. The predicted molar refractivity (Wildman–Crippen MR) is 64.8 cm³/mol.